The summed E-state index contributed by atoms with van der Waals surface area (Å²) in [6, 6.07) is 42.0. The minimum atomic E-state index is -0.149. The van der Waals surface area contributed by atoms with Gasteiger partial charge in [-0.25, -0.2) is 4.98 Å². The Balaban J connectivity index is 1.40. The summed E-state index contributed by atoms with van der Waals surface area (Å²) in [7, 11) is 0. The Morgan fingerprint density at radius 1 is 0.556 bits per heavy atom. The first kappa shape index (κ1) is 29.1. The molecule has 1 aromatic heterocycles. The third kappa shape index (κ3) is 4.86. The summed E-state index contributed by atoms with van der Waals surface area (Å²) in [5, 5.41) is 0. The molecule has 1 aliphatic heterocycles. The van der Waals surface area contributed by atoms with Crippen LogP contribution in [-0.2, 0) is 16.2 Å². The van der Waals surface area contributed by atoms with Crippen molar-refractivity contribution in [3.05, 3.63) is 138 Å². The van der Waals surface area contributed by atoms with E-state index in [9.17, 15) is 0 Å². The first-order valence-electron chi connectivity index (χ1n) is 16.1. The Bertz CT molecular complexity index is 1960. The fourth-order valence-corrected chi connectivity index (χ4v) is 6.77. The predicted octanol–water partition coefficient (Wildman–Crippen LogP) is 11.4. The molecule has 0 unspecified atom stereocenters. The summed E-state index contributed by atoms with van der Waals surface area (Å²) in [4.78, 5) is 7.56. The van der Waals surface area contributed by atoms with Gasteiger partial charge in [0, 0.05) is 22.4 Å². The second-order valence-corrected chi connectivity index (χ2v) is 15.1. The largest absolute Gasteiger partial charge is 0.310 e. The molecule has 0 amide bonds. The zero-order chi connectivity index (χ0) is 31.7. The highest BCUT2D eigenvalue weighted by Crippen LogP contribution is 2.53. The van der Waals surface area contributed by atoms with Crippen LogP contribution in [0.3, 0.4) is 0 Å². The quantitative estimate of drug-likeness (QED) is 0.205. The lowest BCUT2D eigenvalue weighted by Crippen LogP contribution is -2.32. The number of nitrogens with zero attached hydrogens (tertiary/aromatic N) is 3. The molecule has 3 nitrogen and oxygen atoms in total. The summed E-state index contributed by atoms with van der Waals surface area (Å²) in [6.45, 7) is 18.6. The topological polar surface area (TPSA) is 21.1 Å². The summed E-state index contributed by atoms with van der Waals surface area (Å²) in [5.74, 6) is 0.944. The molecular formula is C42H43N3. The Morgan fingerprint density at radius 2 is 1.09 bits per heavy atom. The number of fused-ring (bicyclic) bond motifs is 3. The summed E-state index contributed by atoms with van der Waals surface area (Å²) >= 11 is 0. The number of hydrogen-bond donors (Lipinski definition) is 0. The Labute approximate surface area is 268 Å². The number of benzene rings is 5. The van der Waals surface area contributed by atoms with Crippen molar-refractivity contribution in [3.63, 3.8) is 0 Å². The second-order valence-electron chi connectivity index (χ2n) is 15.1. The van der Waals surface area contributed by atoms with Crippen molar-refractivity contribution in [2.75, 3.05) is 4.90 Å². The maximum Gasteiger partial charge on any atom is 0.145 e. The van der Waals surface area contributed by atoms with Gasteiger partial charge in [-0.1, -0.05) is 110 Å². The van der Waals surface area contributed by atoms with E-state index in [2.05, 4.69) is 180 Å². The highest BCUT2D eigenvalue weighted by atomic mass is 15.2. The van der Waals surface area contributed by atoms with Crippen molar-refractivity contribution in [1.82, 2.24) is 9.55 Å². The molecule has 0 fully saturated rings. The summed E-state index contributed by atoms with van der Waals surface area (Å²) in [6.07, 6.45) is 0. The Morgan fingerprint density at radius 3 is 1.64 bits per heavy atom. The molecule has 0 bridgehead atoms. The normalized spacial score (nSPS) is 14.4. The molecule has 0 saturated carbocycles. The Hall–Kier alpha value is -4.63. The van der Waals surface area contributed by atoms with Crippen LogP contribution in [0.5, 0.6) is 0 Å². The first-order chi connectivity index (χ1) is 21.3. The highest BCUT2D eigenvalue weighted by Gasteiger charge is 2.38. The third-order valence-corrected chi connectivity index (χ3v) is 9.51. The van der Waals surface area contributed by atoms with Gasteiger partial charge in [0.25, 0.3) is 0 Å². The van der Waals surface area contributed by atoms with Gasteiger partial charge in [-0.3, -0.25) is 4.57 Å². The standard InChI is InChI=1S/C42H43N3/c1-40(2,3)29-20-24-36-33(26-29)42(7,8)34-27-30(41(4,5)6)21-25-37(34)44(36)32-22-18-28(19-23-32)39-43-35-16-12-13-17-38(35)45(39)31-14-10-9-11-15-31/h9-27H,1-8H3. The molecule has 0 saturated heterocycles. The predicted molar refractivity (Wildman–Crippen MR) is 191 cm³/mol. The number of aromatic nitrogens is 2. The van der Waals surface area contributed by atoms with Gasteiger partial charge in [0.2, 0.25) is 0 Å². The molecule has 0 spiro atoms. The molecule has 45 heavy (non-hydrogen) atoms. The van der Waals surface area contributed by atoms with Crippen molar-refractivity contribution in [2.24, 2.45) is 0 Å². The maximum absolute atomic E-state index is 5.11. The molecule has 5 aromatic carbocycles. The maximum atomic E-state index is 5.11. The number of imidazole rings is 1. The average Bonchev–Trinajstić information content (AvgIpc) is 3.40. The van der Waals surface area contributed by atoms with Crippen LogP contribution in [0, 0.1) is 0 Å². The molecule has 6 aromatic rings. The van der Waals surface area contributed by atoms with Gasteiger partial charge >= 0.3 is 0 Å². The van der Waals surface area contributed by atoms with Crippen LogP contribution in [-0.4, -0.2) is 9.55 Å². The van der Waals surface area contributed by atoms with Crippen molar-refractivity contribution in [1.29, 1.82) is 0 Å². The third-order valence-electron chi connectivity index (χ3n) is 9.51. The zero-order valence-electron chi connectivity index (χ0n) is 27.8. The van der Waals surface area contributed by atoms with Gasteiger partial charge in [0.05, 0.1) is 22.4 Å². The number of para-hydroxylation sites is 3. The van der Waals surface area contributed by atoms with E-state index in [1.54, 1.807) is 0 Å². The van der Waals surface area contributed by atoms with Crippen LogP contribution >= 0.6 is 0 Å². The van der Waals surface area contributed by atoms with Crippen molar-refractivity contribution in [2.45, 2.75) is 71.6 Å². The molecule has 1 aliphatic rings. The second kappa shape index (κ2) is 10.2. The van der Waals surface area contributed by atoms with Gasteiger partial charge in [-0.2, -0.15) is 0 Å². The van der Waals surface area contributed by atoms with Gasteiger partial charge in [0.15, 0.2) is 0 Å². The minimum absolute atomic E-state index is 0.0648. The van der Waals surface area contributed by atoms with E-state index in [4.69, 9.17) is 4.98 Å². The van der Waals surface area contributed by atoms with Crippen LogP contribution in [0.4, 0.5) is 17.1 Å². The van der Waals surface area contributed by atoms with E-state index in [0.29, 0.717) is 0 Å². The average molecular weight is 590 g/mol. The lowest BCUT2D eigenvalue weighted by molar-refractivity contribution is 0.573. The fraction of sp³-hybridized carbons (Fsp3) is 0.262. The zero-order valence-corrected chi connectivity index (χ0v) is 27.8. The van der Waals surface area contributed by atoms with Crippen LogP contribution in [0.2, 0.25) is 0 Å². The number of rotatable bonds is 3. The summed E-state index contributed by atoms with van der Waals surface area (Å²) < 4.78 is 2.26. The molecule has 226 valence electrons. The van der Waals surface area contributed by atoms with Crippen molar-refractivity contribution in [3.8, 4) is 17.1 Å². The molecule has 0 N–H and O–H groups in total. The van der Waals surface area contributed by atoms with Crippen LogP contribution in [0.1, 0.15) is 77.6 Å². The van der Waals surface area contributed by atoms with Crippen molar-refractivity contribution >= 4 is 28.1 Å². The minimum Gasteiger partial charge on any atom is -0.310 e. The van der Waals surface area contributed by atoms with Crippen LogP contribution in [0.15, 0.2) is 115 Å². The molecule has 0 atom stereocenters. The van der Waals surface area contributed by atoms with E-state index < -0.39 is 0 Å². The Kier molecular flexibility index (Phi) is 6.60. The number of anilines is 3. The highest BCUT2D eigenvalue weighted by molar-refractivity contribution is 5.88. The first-order valence-corrected chi connectivity index (χ1v) is 16.1. The fourth-order valence-electron chi connectivity index (χ4n) is 6.77. The van der Waals surface area contributed by atoms with Gasteiger partial charge < -0.3 is 4.90 Å². The van der Waals surface area contributed by atoms with Gasteiger partial charge in [-0.15, -0.1) is 0 Å². The number of hydrogen-bond acceptors (Lipinski definition) is 2. The SMILES string of the molecule is CC(C)(C)c1ccc2c(c1)C(C)(C)c1cc(C(C)(C)C)ccc1N2c1ccc(-c2nc3ccccc3n2-c2ccccc2)cc1. The van der Waals surface area contributed by atoms with E-state index in [1.165, 1.54) is 33.6 Å². The van der Waals surface area contributed by atoms with E-state index in [-0.39, 0.29) is 16.2 Å². The lowest BCUT2D eigenvalue weighted by Gasteiger charge is -2.43. The van der Waals surface area contributed by atoms with E-state index >= 15 is 0 Å². The molecule has 7 rings (SSSR count). The lowest BCUT2D eigenvalue weighted by atomic mass is 9.70. The van der Waals surface area contributed by atoms with Crippen LogP contribution in [0.25, 0.3) is 28.1 Å². The van der Waals surface area contributed by atoms with Gasteiger partial charge in [0.1, 0.15) is 5.82 Å². The summed E-state index contributed by atoms with van der Waals surface area (Å²) in [5.41, 5.74) is 13.4. The monoisotopic (exact) mass is 589 g/mol. The van der Waals surface area contributed by atoms with Crippen molar-refractivity contribution < 1.29 is 0 Å². The van der Waals surface area contributed by atoms with Crippen LogP contribution < -0.4 is 4.90 Å². The smallest absolute Gasteiger partial charge is 0.145 e. The molecule has 0 radical (unpaired) electrons. The molecule has 0 aliphatic carbocycles. The van der Waals surface area contributed by atoms with E-state index in [0.717, 1.165) is 33.8 Å². The molecule has 3 heteroatoms. The molecule has 2 heterocycles. The van der Waals surface area contributed by atoms with E-state index in [1.807, 2.05) is 0 Å². The molecular weight excluding hydrogens is 546 g/mol. The van der Waals surface area contributed by atoms with Gasteiger partial charge in [-0.05, 0) is 93.7 Å².